The van der Waals surface area contributed by atoms with E-state index >= 15 is 0 Å². The minimum atomic E-state index is -1.53. The number of benzene rings is 4. The SMILES string of the molecule is [O-][S+](N(c1ccccc1)c1ccccc1)N(c1ccccc1)c1ccccc1. The van der Waals surface area contributed by atoms with E-state index in [4.69, 9.17) is 0 Å². The second-order valence-corrected chi connectivity index (χ2v) is 7.35. The van der Waals surface area contributed by atoms with Crippen LogP contribution in [0.3, 0.4) is 0 Å². The van der Waals surface area contributed by atoms with E-state index in [1.54, 1.807) is 0 Å². The molecule has 0 heterocycles. The lowest BCUT2D eigenvalue weighted by molar-refractivity contribution is 0.595. The van der Waals surface area contributed by atoms with Gasteiger partial charge in [0.25, 0.3) is 0 Å². The van der Waals surface area contributed by atoms with Gasteiger partial charge < -0.3 is 4.55 Å². The smallest absolute Gasteiger partial charge is 0.207 e. The van der Waals surface area contributed by atoms with Crippen molar-refractivity contribution in [2.75, 3.05) is 8.61 Å². The normalized spacial score (nSPS) is 10.6. The Hall–Kier alpha value is -3.21. The molecule has 28 heavy (non-hydrogen) atoms. The van der Waals surface area contributed by atoms with Gasteiger partial charge in [0.15, 0.2) is 0 Å². The summed E-state index contributed by atoms with van der Waals surface area (Å²) in [4.78, 5) is 0. The van der Waals surface area contributed by atoms with E-state index < -0.39 is 11.5 Å². The Morgan fingerprint density at radius 1 is 0.393 bits per heavy atom. The topological polar surface area (TPSA) is 29.5 Å². The number of anilines is 4. The Balaban J connectivity index is 1.84. The third-order valence-corrected chi connectivity index (χ3v) is 5.74. The summed E-state index contributed by atoms with van der Waals surface area (Å²) < 4.78 is 17.7. The maximum absolute atomic E-state index is 14.0. The van der Waals surface area contributed by atoms with E-state index in [1.807, 2.05) is 130 Å². The summed E-state index contributed by atoms with van der Waals surface area (Å²) >= 11 is -1.53. The van der Waals surface area contributed by atoms with Crippen LogP contribution in [-0.2, 0) is 11.5 Å². The summed E-state index contributed by atoms with van der Waals surface area (Å²) in [6.07, 6.45) is 0. The summed E-state index contributed by atoms with van der Waals surface area (Å²) in [5.41, 5.74) is 3.46. The summed E-state index contributed by atoms with van der Waals surface area (Å²) in [5.74, 6) is 0. The van der Waals surface area contributed by atoms with Crippen molar-refractivity contribution in [3.63, 3.8) is 0 Å². The number of nitrogens with zero attached hydrogens (tertiary/aromatic N) is 2. The molecule has 0 atom stereocenters. The van der Waals surface area contributed by atoms with Crippen molar-refractivity contribution >= 4 is 34.3 Å². The molecule has 0 saturated heterocycles. The fraction of sp³-hybridized carbons (Fsp3) is 0. The molecule has 4 rings (SSSR count). The molecule has 0 amide bonds. The van der Waals surface area contributed by atoms with Crippen LogP contribution in [0, 0.1) is 0 Å². The Morgan fingerprint density at radius 2 is 0.607 bits per heavy atom. The van der Waals surface area contributed by atoms with E-state index in [2.05, 4.69) is 0 Å². The Bertz CT molecular complexity index is 820. The predicted octanol–water partition coefficient (Wildman–Crippen LogP) is 6.24. The maximum atomic E-state index is 14.0. The largest absolute Gasteiger partial charge is 0.567 e. The van der Waals surface area contributed by atoms with Crippen LogP contribution in [-0.4, -0.2) is 4.55 Å². The molecule has 0 aliphatic heterocycles. The van der Waals surface area contributed by atoms with Gasteiger partial charge in [0, 0.05) is 0 Å². The van der Waals surface area contributed by atoms with Gasteiger partial charge in [-0.05, 0) is 48.5 Å². The Kier molecular flexibility index (Phi) is 5.61. The monoisotopic (exact) mass is 384 g/mol. The quantitative estimate of drug-likeness (QED) is 0.368. The molecule has 0 unspecified atom stereocenters. The first-order chi connectivity index (χ1) is 13.8. The van der Waals surface area contributed by atoms with Gasteiger partial charge in [0.1, 0.15) is 0 Å². The molecular formula is C24H20N2OS. The standard InChI is InChI=1S/C24H20N2OS/c27-28(25(21-13-5-1-6-14-21)22-15-7-2-8-16-22)26(23-17-9-3-10-18-23)24-19-11-4-12-20-24/h1-20H. The lowest BCUT2D eigenvalue weighted by atomic mass is 10.3. The van der Waals surface area contributed by atoms with Crippen LogP contribution in [0.5, 0.6) is 0 Å². The molecule has 0 fully saturated rings. The molecule has 0 aromatic heterocycles. The fourth-order valence-electron chi connectivity index (χ4n) is 2.99. The molecule has 0 bridgehead atoms. The number of hydrogen-bond donors (Lipinski definition) is 0. The fourth-order valence-corrected chi connectivity index (χ4v) is 4.37. The maximum Gasteiger partial charge on any atom is 0.207 e. The van der Waals surface area contributed by atoms with Crippen LogP contribution in [0.15, 0.2) is 121 Å². The number of hydrogen-bond acceptors (Lipinski definition) is 3. The van der Waals surface area contributed by atoms with E-state index in [-0.39, 0.29) is 0 Å². The van der Waals surface area contributed by atoms with Crippen LogP contribution in [0.1, 0.15) is 0 Å². The van der Waals surface area contributed by atoms with Gasteiger partial charge in [-0.1, -0.05) is 72.8 Å². The Morgan fingerprint density at radius 3 is 0.821 bits per heavy atom. The summed E-state index contributed by atoms with van der Waals surface area (Å²) in [6, 6.07) is 39.3. The van der Waals surface area contributed by atoms with Crippen molar-refractivity contribution in [3.05, 3.63) is 121 Å². The van der Waals surface area contributed by atoms with E-state index in [9.17, 15) is 4.55 Å². The highest BCUT2D eigenvalue weighted by molar-refractivity contribution is 7.94. The molecular weight excluding hydrogens is 364 g/mol. The van der Waals surface area contributed by atoms with Crippen LogP contribution >= 0.6 is 0 Å². The first-order valence-corrected chi connectivity index (χ1v) is 10.1. The highest BCUT2D eigenvalue weighted by Gasteiger charge is 2.32. The zero-order chi connectivity index (χ0) is 19.2. The second-order valence-electron chi connectivity index (χ2n) is 6.16. The number of para-hydroxylation sites is 4. The predicted molar refractivity (Wildman–Crippen MR) is 118 cm³/mol. The van der Waals surface area contributed by atoms with Crippen LogP contribution in [0.2, 0.25) is 0 Å². The Labute approximate surface area is 168 Å². The molecule has 3 nitrogen and oxygen atoms in total. The molecule has 0 radical (unpaired) electrons. The summed E-state index contributed by atoms with van der Waals surface area (Å²) in [5, 5.41) is 0. The average Bonchev–Trinajstić information content (AvgIpc) is 2.77. The zero-order valence-electron chi connectivity index (χ0n) is 15.3. The first kappa shape index (κ1) is 18.2. The lowest BCUT2D eigenvalue weighted by Crippen LogP contribution is -2.39. The van der Waals surface area contributed by atoms with Gasteiger partial charge in [0.05, 0.1) is 22.7 Å². The zero-order valence-corrected chi connectivity index (χ0v) is 16.1. The van der Waals surface area contributed by atoms with Crippen molar-refractivity contribution < 1.29 is 4.55 Å². The molecule has 4 aromatic carbocycles. The second kappa shape index (κ2) is 8.65. The van der Waals surface area contributed by atoms with Crippen molar-refractivity contribution in [1.82, 2.24) is 0 Å². The third-order valence-electron chi connectivity index (χ3n) is 4.28. The van der Waals surface area contributed by atoms with Crippen LogP contribution < -0.4 is 8.61 Å². The summed E-state index contributed by atoms with van der Waals surface area (Å²) in [6.45, 7) is 0. The van der Waals surface area contributed by atoms with Gasteiger partial charge in [-0.2, -0.15) is 0 Å². The minimum absolute atomic E-state index is 0.865. The van der Waals surface area contributed by atoms with Gasteiger partial charge in [-0.25, -0.2) is 0 Å². The highest BCUT2D eigenvalue weighted by atomic mass is 32.2. The van der Waals surface area contributed by atoms with E-state index in [1.165, 1.54) is 0 Å². The lowest BCUT2D eigenvalue weighted by Gasteiger charge is -2.32. The van der Waals surface area contributed by atoms with Crippen molar-refractivity contribution in [2.45, 2.75) is 0 Å². The van der Waals surface area contributed by atoms with Crippen molar-refractivity contribution in [2.24, 2.45) is 0 Å². The van der Waals surface area contributed by atoms with Gasteiger partial charge in [0.2, 0.25) is 11.5 Å². The van der Waals surface area contributed by atoms with E-state index in [0.29, 0.717) is 0 Å². The molecule has 138 valence electrons. The molecule has 4 aromatic rings. The van der Waals surface area contributed by atoms with Gasteiger partial charge in [-0.15, -0.1) is 8.61 Å². The number of rotatable bonds is 6. The molecule has 0 aliphatic carbocycles. The molecule has 0 aliphatic rings. The van der Waals surface area contributed by atoms with Crippen molar-refractivity contribution in [1.29, 1.82) is 0 Å². The van der Waals surface area contributed by atoms with Gasteiger partial charge in [-0.3, -0.25) is 0 Å². The molecule has 0 saturated carbocycles. The summed E-state index contributed by atoms with van der Waals surface area (Å²) in [7, 11) is 0. The molecule has 0 spiro atoms. The van der Waals surface area contributed by atoms with Crippen LogP contribution in [0.25, 0.3) is 0 Å². The highest BCUT2D eigenvalue weighted by Crippen LogP contribution is 2.36. The van der Waals surface area contributed by atoms with Crippen molar-refractivity contribution in [3.8, 4) is 0 Å². The molecule has 4 heteroatoms. The third kappa shape index (κ3) is 3.88. The minimum Gasteiger partial charge on any atom is -0.567 e. The first-order valence-electron chi connectivity index (χ1n) is 9.07. The molecule has 0 N–H and O–H groups in total. The average molecular weight is 385 g/mol. The van der Waals surface area contributed by atoms with Crippen LogP contribution in [0.4, 0.5) is 22.7 Å². The van der Waals surface area contributed by atoms with Gasteiger partial charge >= 0.3 is 0 Å². The van der Waals surface area contributed by atoms with E-state index in [0.717, 1.165) is 22.7 Å².